The SMILES string of the molecule is C[C@H]1CN(CCN=[N+]=[N-])C[C@@H]1CO. The van der Waals surface area contributed by atoms with Crippen LogP contribution in [0.1, 0.15) is 6.92 Å². The monoisotopic (exact) mass is 184 g/mol. The Kier molecular flexibility index (Phi) is 4.02. The summed E-state index contributed by atoms with van der Waals surface area (Å²) >= 11 is 0. The fourth-order valence-electron chi connectivity index (χ4n) is 1.79. The Morgan fingerprint density at radius 3 is 2.92 bits per heavy atom. The summed E-state index contributed by atoms with van der Waals surface area (Å²) in [6.07, 6.45) is 0. The highest BCUT2D eigenvalue weighted by Crippen LogP contribution is 2.21. The van der Waals surface area contributed by atoms with Crippen LogP contribution in [0.2, 0.25) is 0 Å². The lowest BCUT2D eigenvalue weighted by atomic mass is 10.00. The van der Waals surface area contributed by atoms with Crippen molar-refractivity contribution in [1.82, 2.24) is 4.90 Å². The number of hydrogen-bond acceptors (Lipinski definition) is 3. The molecule has 0 spiro atoms. The van der Waals surface area contributed by atoms with Crippen LogP contribution < -0.4 is 0 Å². The van der Waals surface area contributed by atoms with Crippen molar-refractivity contribution in [2.24, 2.45) is 17.0 Å². The van der Waals surface area contributed by atoms with Crippen LogP contribution >= 0.6 is 0 Å². The highest BCUT2D eigenvalue weighted by atomic mass is 16.3. The molecule has 0 bridgehead atoms. The van der Waals surface area contributed by atoms with Gasteiger partial charge in [-0.1, -0.05) is 12.0 Å². The molecule has 0 aliphatic carbocycles. The van der Waals surface area contributed by atoms with Crippen molar-refractivity contribution in [3.8, 4) is 0 Å². The highest BCUT2D eigenvalue weighted by molar-refractivity contribution is 4.80. The van der Waals surface area contributed by atoms with Gasteiger partial charge in [0.15, 0.2) is 0 Å². The molecule has 1 N–H and O–H groups in total. The minimum absolute atomic E-state index is 0.263. The zero-order valence-electron chi connectivity index (χ0n) is 7.93. The molecule has 1 aliphatic rings. The van der Waals surface area contributed by atoms with Crippen LogP contribution in [-0.4, -0.2) is 42.8 Å². The smallest absolute Gasteiger partial charge is 0.0474 e. The second kappa shape index (κ2) is 5.07. The molecule has 1 heterocycles. The van der Waals surface area contributed by atoms with Gasteiger partial charge in [0.1, 0.15) is 0 Å². The summed E-state index contributed by atoms with van der Waals surface area (Å²) in [6, 6.07) is 0. The number of azide groups is 1. The van der Waals surface area contributed by atoms with Gasteiger partial charge in [0.2, 0.25) is 0 Å². The predicted octanol–water partition coefficient (Wildman–Crippen LogP) is 0.857. The van der Waals surface area contributed by atoms with Crippen LogP contribution in [0.15, 0.2) is 5.11 Å². The molecule has 13 heavy (non-hydrogen) atoms. The molecule has 1 rings (SSSR count). The molecule has 2 atom stereocenters. The fraction of sp³-hybridized carbons (Fsp3) is 1.00. The molecule has 0 aromatic rings. The van der Waals surface area contributed by atoms with Gasteiger partial charge in [0.05, 0.1) is 0 Å². The summed E-state index contributed by atoms with van der Waals surface area (Å²) in [4.78, 5) is 4.94. The van der Waals surface area contributed by atoms with Crippen LogP contribution in [0.25, 0.3) is 10.4 Å². The Labute approximate surface area is 78.0 Å². The lowest BCUT2D eigenvalue weighted by Crippen LogP contribution is -2.24. The molecule has 1 aliphatic heterocycles. The lowest BCUT2D eigenvalue weighted by molar-refractivity contribution is 0.206. The van der Waals surface area contributed by atoms with Gasteiger partial charge in [-0.15, -0.1) is 0 Å². The third-order valence-corrected chi connectivity index (χ3v) is 2.66. The van der Waals surface area contributed by atoms with Crippen molar-refractivity contribution in [1.29, 1.82) is 0 Å². The molecule has 5 heteroatoms. The molecular formula is C8H16N4O. The summed E-state index contributed by atoms with van der Waals surface area (Å²) in [5.74, 6) is 0.946. The Balaban J connectivity index is 2.27. The van der Waals surface area contributed by atoms with Gasteiger partial charge >= 0.3 is 0 Å². The average molecular weight is 184 g/mol. The molecule has 0 amide bonds. The first kappa shape index (κ1) is 10.3. The maximum absolute atomic E-state index is 9.02. The van der Waals surface area contributed by atoms with Crippen molar-refractivity contribution in [3.05, 3.63) is 10.4 Å². The topological polar surface area (TPSA) is 72.2 Å². The second-order valence-corrected chi connectivity index (χ2v) is 3.63. The van der Waals surface area contributed by atoms with E-state index in [2.05, 4.69) is 21.8 Å². The van der Waals surface area contributed by atoms with Crippen LogP contribution in [0.3, 0.4) is 0 Å². The minimum Gasteiger partial charge on any atom is -0.396 e. The number of likely N-dealkylation sites (tertiary alicyclic amines) is 1. The number of hydrogen-bond donors (Lipinski definition) is 1. The van der Waals surface area contributed by atoms with E-state index in [0.29, 0.717) is 18.4 Å². The third-order valence-electron chi connectivity index (χ3n) is 2.66. The standard InChI is InChI=1S/C8H16N4O/c1-7-4-12(3-2-10-11-9)5-8(7)6-13/h7-8,13H,2-6H2,1H3/t7-,8+/m0/s1. The van der Waals surface area contributed by atoms with Gasteiger partial charge in [-0.3, -0.25) is 0 Å². The maximum Gasteiger partial charge on any atom is 0.0474 e. The first-order valence-corrected chi connectivity index (χ1v) is 4.62. The average Bonchev–Trinajstić information content (AvgIpc) is 2.47. The summed E-state index contributed by atoms with van der Waals surface area (Å²) < 4.78 is 0. The summed E-state index contributed by atoms with van der Waals surface area (Å²) in [5.41, 5.74) is 8.09. The quantitative estimate of drug-likeness (QED) is 0.400. The van der Waals surface area contributed by atoms with E-state index in [4.69, 9.17) is 10.6 Å². The van der Waals surface area contributed by atoms with Gasteiger partial charge in [-0.2, -0.15) is 0 Å². The number of aliphatic hydroxyl groups is 1. The minimum atomic E-state index is 0.263. The second-order valence-electron chi connectivity index (χ2n) is 3.63. The van der Waals surface area contributed by atoms with Gasteiger partial charge < -0.3 is 10.0 Å². The molecule has 0 radical (unpaired) electrons. The Bertz CT molecular complexity index is 202. The van der Waals surface area contributed by atoms with Gasteiger partial charge in [0.25, 0.3) is 0 Å². The van der Waals surface area contributed by atoms with Crippen LogP contribution in [0, 0.1) is 11.8 Å². The van der Waals surface area contributed by atoms with Crippen LogP contribution in [-0.2, 0) is 0 Å². The molecule has 74 valence electrons. The van der Waals surface area contributed by atoms with Crippen molar-refractivity contribution in [2.45, 2.75) is 6.92 Å². The van der Waals surface area contributed by atoms with E-state index in [1.54, 1.807) is 0 Å². The van der Waals surface area contributed by atoms with E-state index in [1.165, 1.54) is 0 Å². The Hall–Kier alpha value is -0.770. The van der Waals surface area contributed by atoms with E-state index in [0.717, 1.165) is 19.6 Å². The number of nitrogens with zero attached hydrogens (tertiary/aromatic N) is 4. The molecule has 0 saturated carbocycles. The molecule has 0 aromatic heterocycles. The van der Waals surface area contributed by atoms with E-state index in [-0.39, 0.29) is 6.61 Å². The third kappa shape index (κ3) is 2.88. The van der Waals surface area contributed by atoms with Gasteiger partial charge in [-0.25, -0.2) is 0 Å². The largest absolute Gasteiger partial charge is 0.396 e. The first-order chi connectivity index (χ1) is 6.27. The van der Waals surface area contributed by atoms with Gasteiger partial charge in [0, 0.05) is 37.7 Å². The van der Waals surface area contributed by atoms with Crippen molar-refractivity contribution < 1.29 is 5.11 Å². The van der Waals surface area contributed by atoms with E-state index in [9.17, 15) is 0 Å². The summed E-state index contributed by atoms with van der Waals surface area (Å²) in [7, 11) is 0. The number of aliphatic hydroxyl groups excluding tert-OH is 1. The maximum atomic E-state index is 9.02. The Morgan fingerprint density at radius 1 is 1.62 bits per heavy atom. The Morgan fingerprint density at radius 2 is 2.38 bits per heavy atom. The van der Waals surface area contributed by atoms with E-state index >= 15 is 0 Å². The summed E-state index contributed by atoms with van der Waals surface area (Å²) in [6.45, 7) is 5.69. The van der Waals surface area contributed by atoms with E-state index < -0.39 is 0 Å². The molecule has 0 aromatic carbocycles. The van der Waals surface area contributed by atoms with E-state index in [1.807, 2.05) is 0 Å². The summed E-state index contributed by atoms with van der Waals surface area (Å²) in [5, 5.41) is 12.5. The highest BCUT2D eigenvalue weighted by Gasteiger charge is 2.27. The van der Waals surface area contributed by atoms with Crippen molar-refractivity contribution >= 4 is 0 Å². The zero-order valence-corrected chi connectivity index (χ0v) is 7.93. The number of rotatable bonds is 4. The van der Waals surface area contributed by atoms with Crippen molar-refractivity contribution in [2.75, 3.05) is 32.8 Å². The molecular weight excluding hydrogens is 168 g/mol. The molecule has 5 nitrogen and oxygen atoms in total. The molecule has 0 unspecified atom stereocenters. The fourth-order valence-corrected chi connectivity index (χ4v) is 1.79. The normalized spacial score (nSPS) is 28.8. The van der Waals surface area contributed by atoms with Crippen LogP contribution in [0.5, 0.6) is 0 Å². The molecule has 1 fully saturated rings. The zero-order chi connectivity index (χ0) is 9.68. The van der Waals surface area contributed by atoms with Gasteiger partial charge in [-0.05, 0) is 17.4 Å². The lowest BCUT2D eigenvalue weighted by Gasteiger charge is -2.12. The first-order valence-electron chi connectivity index (χ1n) is 4.62. The predicted molar refractivity (Wildman–Crippen MR) is 50.2 cm³/mol. The van der Waals surface area contributed by atoms with Crippen LogP contribution in [0.4, 0.5) is 0 Å². The van der Waals surface area contributed by atoms with Crippen molar-refractivity contribution in [3.63, 3.8) is 0 Å². The molecule has 1 saturated heterocycles.